The van der Waals surface area contributed by atoms with E-state index in [9.17, 15) is 9.59 Å². The van der Waals surface area contributed by atoms with Crippen molar-refractivity contribution in [2.75, 3.05) is 7.11 Å². The van der Waals surface area contributed by atoms with Crippen molar-refractivity contribution in [3.63, 3.8) is 0 Å². The second-order valence-corrected chi connectivity index (χ2v) is 5.98. The van der Waals surface area contributed by atoms with Gasteiger partial charge in [0.1, 0.15) is 12.1 Å². The molecule has 0 fully saturated rings. The second kappa shape index (κ2) is 6.76. The summed E-state index contributed by atoms with van der Waals surface area (Å²) in [5.41, 5.74) is 1.48. The number of fused-ring (bicyclic) bond motifs is 1. The zero-order valence-corrected chi connectivity index (χ0v) is 14.3. The third-order valence-electron chi connectivity index (χ3n) is 3.79. The number of ether oxygens (including phenoxy) is 1. The molecule has 0 spiro atoms. The zero-order chi connectivity index (χ0) is 18.0. The van der Waals surface area contributed by atoms with Crippen molar-refractivity contribution in [3.05, 3.63) is 64.7 Å². The number of carbonyl (C=O) groups is 1. The molecule has 0 aliphatic rings. The van der Waals surface area contributed by atoms with Crippen molar-refractivity contribution in [1.82, 2.24) is 14.9 Å². The molecule has 0 saturated carbocycles. The first kappa shape index (κ1) is 16.7. The lowest BCUT2D eigenvalue weighted by Crippen LogP contribution is -2.30. The summed E-state index contributed by atoms with van der Waals surface area (Å²) < 4.78 is 6.60. The number of rotatable bonds is 4. The fourth-order valence-corrected chi connectivity index (χ4v) is 2.53. The fraction of sp³-hybridized carbons (Fsp3) is 0.211. The number of nitrogens with zero attached hydrogens (tertiary/aromatic N) is 2. The Morgan fingerprint density at radius 3 is 2.52 bits per heavy atom. The molecular formula is C19H19N3O3. The highest BCUT2D eigenvalue weighted by atomic mass is 16.5. The van der Waals surface area contributed by atoms with Crippen LogP contribution in [0.25, 0.3) is 16.6 Å². The van der Waals surface area contributed by atoms with E-state index in [0.29, 0.717) is 27.9 Å². The van der Waals surface area contributed by atoms with E-state index in [-0.39, 0.29) is 17.5 Å². The van der Waals surface area contributed by atoms with Crippen LogP contribution in [0.15, 0.2) is 53.6 Å². The van der Waals surface area contributed by atoms with E-state index in [0.717, 1.165) is 0 Å². The Morgan fingerprint density at radius 1 is 1.16 bits per heavy atom. The Bertz CT molecular complexity index is 975. The van der Waals surface area contributed by atoms with Crippen molar-refractivity contribution in [3.8, 4) is 11.4 Å². The van der Waals surface area contributed by atoms with Crippen LogP contribution >= 0.6 is 0 Å². The van der Waals surface area contributed by atoms with Crippen LogP contribution in [0.1, 0.15) is 24.2 Å². The number of aromatic nitrogens is 2. The smallest absolute Gasteiger partial charge is 0.265 e. The third kappa shape index (κ3) is 3.38. The van der Waals surface area contributed by atoms with Gasteiger partial charge in [-0.15, -0.1) is 0 Å². The van der Waals surface area contributed by atoms with E-state index in [1.165, 1.54) is 10.9 Å². The predicted octanol–water partition coefficient (Wildman–Crippen LogP) is 2.53. The van der Waals surface area contributed by atoms with Gasteiger partial charge in [-0.1, -0.05) is 0 Å². The van der Waals surface area contributed by atoms with Crippen LogP contribution in [-0.2, 0) is 0 Å². The Morgan fingerprint density at radius 2 is 1.88 bits per heavy atom. The van der Waals surface area contributed by atoms with E-state index < -0.39 is 0 Å². The number of benzene rings is 2. The van der Waals surface area contributed by atoms with E-state index in [2.05, 4.69) is 10.3 Å². The van der Waals surface area contributed by atoms with E-state index >= 15 is 0 Å². The average molecular weight is 337 g/mol. The van der Waals surface area contributed by atoms with Crippen LogP contribution in [0.5, 0.6) is 5.75 Å². The summed E-state index contributed by atoms with van der Waals surface area (Å²) in [5.74, 6) is 0.532. The number of nitrogens with one attached hydrogen (secondary N) is 1. The van der Waals surface area contributed by atoms with Crippen molar-refractivity contribution < 1.29 is 9.53 Å². The maximum Gasteiger partial charge on any atom is 0.265 e. The first-order valence-electron chi connectivity index (χ1n) is 7.96. The van der Waals surface area contributed by atoms with Crippen molar-refractivity contribution in [2.24, 2.45) is 0 Å². The summed E-state index contributed by atoms with van der Waals surface area (Å²) in [6.07, 6.45) is 1.47. The Hall–Kier alpha value is -3.15. The van der Waals surface area contributed by atoms with Crippen LogP contribution in [-0.4, -0.2) is 28.6 Å². The SMILES string of the molecule is COc1ccc(-n2cnc3cc(C(=O)NC(C)C)ccc3c2=O)cc1. The van der Waals surface area contributed by atoms with Gasteiger partial charge in [0.15, 0.2) is 0 Å². The van der Waals surface area contributed by atoms with Gasteiger partial charge in [-0.2, -0.15) is 0 Å². The van der Waals surface area contributed by atoms with Gasteiger partial charge in [-0.25, -0.2) is 4.98 Å². The van der Waals surface area contributed by atoms with Gasteiger partial charge in [0.2, 0.25) is 0 Å². The largest absolute Gasteiger partial charge is 0.497 e. The minimum atomic E-state index is -0.189. The Balaban J connectivity index is 2.02. The molecule has 1 heterocycles. The van der Waals surface area contributed by atoms with Crippen LogP contribution in [0.2, 0.25) is 0 Å². The summed E-state index contributed by atoms with van der Waals surface area (Å²) in [4.78, 5) is 29.2. The monoisotopic (exact) mass is 337 g/mol. The number of hydrogen-bond acceptors (Lipinski definition) is 4. The lowest BCUT2D eigenvalue weighted by molar-refractivity contribution is 0.0943. The van der Waals surface area contributed by atoms with Gasteiger partial charge in [0.25, 0.3) is 11.5 Å². The standard InChI is InChI=1S/C19H19N3O3/c1-12(2)21-18(23)13-4-9-16-17(10-13)20-11-22(19(16)24)14-5-7-15(25-3)8-6-14/h4-12H,1-3H3,(H,21,23). The molecule has 2 aromatic carbocycles. The summed E-state index contributed by atoms with van der Waals surface area (Å²) in [7, 11) is 1.59. The molecule has 0 aliphatic carbocycles. The molecule has 0 bridgehead atoms. The van der Waals surface area contributed by atoms with Gasteiger partial charge in [0, 0.05) is 11.6 Å². The minimum Gasteiger partial charge on any atom is -0.497 e. The number of carbonyl (C=O) groups excluding carboxylic acids is 1. The number of methoxy groups -OCH3 is 1. The summed E-state index contributed by atoms with van der Waals surface area (Å²) in [6, 6.07) is 12.1. The molecule has 6 nitrogen and oxygen atoms in total. The van der Waals surface area contributed by atoms with Gasteiger partial charge in [-0.3, -0.25) is 14.2 Å². The highest BCUT2D eigenvalue weighted by Gasteiger charge is 2.11. The quantitative estimate of drug-likeness (QED) is 0.794. The fourth-order valence-electron chi connectivity index (χ4n) is 2.53. The summed E-state index contributed by atoms with van der Waals surface area (Å²) in [5, 5.41) is 3.28. The molecule has 0 aliphatic heterocycles. The Labute approximate surface area is 145 Å². The van der Waals surface area contributed by atoms with Crippen LogP contribution in [0.4, 0.5) is 0 Å². The predicted molar refractivity (Wildman–Crippen MR) is 96.5 cm³/mol. The van der Waals surface area contributed by atoms with Crippen molar-refractivity contribution >= 4 is 16.8 Å². The topological polar surface area (TPSA) is 73.2 Å². The number of hydrogen-bond donors (Lipinski definition) is 1. The molecule has 1 aromatic heterocycles. The summed E-state index contributed by atoms with van der Waals surface area (Å²) in [6.45, 7) is 3.79. The maximum absolute atomic E-state index is 12.7. The highest BCUT2D eigenvalue weighted by Crippen LogP contribution is 2.15. The van der Waals surface area contributed by atoms with Gasteiger partial charge >= 0.3 is 0 Å². The molecule has 1 amide bonds. The molecule has 1 N–H and O–H groups in total. The highest BCUT2D eigenvalue weighted by molar-refractivity contribution is 5.97. The first-order valence-corrected chi connectivity index (χ1v) is 7.96. The maximum atomic E-state index is 12.7. The number of amides is 1. The van der Waals surface area contributed by atoms with E-state index in [1.54, 1.807) is 49.6 Å². The van der Waals surface area contributed by atoms with E-state index in [4.69, 9.17) is 4.74 Å². The van der Waals surface area contributed by atoms with Crippen LogP contribution in [0, 0.1) is 0 Å². The minimum absolute atomic E-state index is 0.0410. The molecule has 0 saturated heterocycles. The first-order chi connectivity index (χ1) is 12.0. The lowest BCUT2D eigenvalue weighted by Gasteiger charge is -2.10. The Kier molecular flexibility index (Phi) is 4.52. The second-order valence-electron chi connectivity index (χ2n) is 5.98. The molecule has 3 aromatic rings. The van der Waals surface area contributed by atoms with Crippen molar-refractivity contribution in [2.45, 2.75) is 19.9 Å². The van der Waals surface area contributed by atoms with Gasteiger partial charge in [-0.05, 0) is 56.3 Å². The van der Waals surface area contributed by atoms with E-state index in [1.807, 2.05) is 13.8 Å². The molecule has 25 heavy (non-hydrogen) atoms. The molecule has 6 heteroatoms. The van der Waals surface area contributed by atoms with Gasteiger partial charge < -0.3 is 10.1 Å². The molecule has 128 valence electrons. The summed E-state index contributed by atoms with van der Waals surface area (Å²) >= 11 is 0. The van der Waals surface area contributed by atoms with Crippen LogP contribution < -0.4 is 15.6 Å². The van der Waals surface area contributed by atoms with Crippen molar-refractivity contribution in [1.29, 1.82) is 0 Å². The molecule has 0 radical (unpaired) electrons. The van der Waals surface area contributed by atoms with Gasteiger partial charge in [0.05, 0.1) is 23.7 Å². The lowest BCUT2D eigenvalue weighted by atomic mass is 10.1. The average Bonchev–Trinajstić information content (AvgIpc) is 2.61. The molecule has 0 atom stereocenters. The molecule has 3 rings (SSSR count). The third-order valence-corrected chi connectivity index (χ3v) is 3.79. The zero-order valence-electron chi connectivity index (χ0n) is 14.3. The molecule has 0 unspecified atom stereocenters. The molecular weight excluding hydrogens is 318 g/mol. The van der Waals surface area contributed by atoms with Crippen LogP contribution in [0.3, 0.4) is 0 Å². The normalized spacial score (nSPS) is 10.9.